The molecule has 1 aliphatic rings. The van der Waals surface area contributed by atoms with Gasteiger partial charge in [-0.05, 0) is 6.08 Å². The molecule has 0 aliphatic carbocycles. The second-order valence-electron chi connectivity index (χ2n) is 5.33. The van der Waals surface area contributed by atoms with Crippen molar-refractivity contribution in [3.05, 3.63) is 16.6 Å². The monoisotopic (exact) mass is 227 g/mol. The second kappa shape index (κ2) is 3.66. The average Bonchev–Trinajstić information content (AvgIpc) is 2.27. The maximum atomic E-state index is 12.0. The van der Waals surface area contributed by atoms with Gasteiger partial charge < -0.3 is 10.8 Å². The summed E-state index contributed by atoms with van der Waals surface area (Å²) in [5.41, 5.74) is 5.00. The van der Waals surface area contributed by atoms with Gasteiger partial charge in [0.1, 0.15) is 6.04 Å². The predicted octanol–water partition coefficient (Wildman–Crippen LogP) is 1.06. The van der Waals surface area contributed by atoms with Gasteiger partial charge >= 0.3 is 5.97 Å². The summed E-state index contributed by atoms with van der Waals surface area (Å²) in [4.78, 5) is 22.7. The van der Waals surface area contributed by atoms with Crippen LogP contribution in [0.2, 0.25) is 0 Å². The first kappa shape index (κ1) is 12.8. The van der Waals surface area contributed by atoms with Gasteiger partial charge in [0.25, 0.3) is 0 Å². The van der Waals surface area contributed by atoms with Crippen LogP contribution in [0, 0.1) is 4.91 Å². The van der Waals surface area contributed by atoms with E-state index in [1.807, 2.05) is 6.08 Å². The van der Waals surface area contributed by atoms with Crippen molar-refractivity contribution in [3.8, 4) is 0 Å². The molecule has 0 spiro atoms. The van der Waals surface area contributed by atoms with Crippen LogP contribution in [0.3, 0.4) is 0 Å². The molecular formula is C11H19N2O3+. The normalized spacial score (nSPS) is 24.1. The third-order valence-corrected chi connectivity index (χ3v) is 3.10. The van der Waals surface area contributed by atoms with Crippen LogP contribution < -0.4 is 5.73 Å². The van der Waals surface area contributed by atoms with Gasteiger partial charge in [0.05, 0.1) is 0 Å². The van der Waals surface area contributed by atoms with Crippen molar-refractivity contribution in [1.29, 1.82) is 0 Å². The Kier molecular flexibility index (Phi) is 2.94. The van der Waals surface area contributed by atoms with Crippen LogP contribution in [-0.4, -0.2) is 33.0 Å². The van der Waals surface area contributed by atoms with Crippen molar-refractivity contribution in [3.63, 3.8) is 0 Å². The van der Waals surface area contributed by atoms with E-state index in [-0.39, 0.29) is 6.42 Å². The van der Waals surface area contributed by atoms with Crippen LogP contribution in [0.15, 0.2) is 11.6 Å². The number of rotatable bonds is 3. The fraction of sp³-hybridized carbons (Fsp3) is 0.727. The molecule has 0 saturated carbocycles. The van der Waals surface area contributed by atoms with Crippen molar-refractivity contribution in [1.82, 2.24) is 0 Å². The molecule has 0 fully saturated rings. The predicted molar refractivity (Wildman–Crippen MR) is 60.1 cm³/mol. The molecule has 0 bridgehead atoms. The van der Waals surface area contributed by atoms with Crippen molar-refractivity contribution in [2.75, 3.05) is 0 Å². The molecule has 1 aliphatic heterocycles. The Morgan fingerprint density at radius 2 is 2.00 bits per heavy atom. The molecule has 1 unspecified atom stereocenters. The number of nitroso groups, excluding NO2 is 1. The maximum absolute atomic E-state index is 12.0. The Bertz CT molecular complexity index is 369. The molecule has 0 amide bonds. The third-order valence-electron chi connectivity index (χ3n) is 3.10. The van der Waals surface area contributed by atoms with E-state index in [9.17, 15) is 9.70 Å². The summed E-state index contributed by atoms with van der Waals surface area (Å²) in [6, 6.07) is -0.951. The van der Waals surface area contributed by atoms with Gasteiger partial charge in [-0.1, -0.05) is 0 Å². The smallest absolute Gasteiger partial charge is 0.320 e. The number of hydrogen-bond donors (Lipinski definition) is 2. The molecule has 0 aromatic rings. The van der Waals surface area contributed by atoms with E-state index >= 15 is 0 Å². The summed E-state index contributed by atoms with van der Waals surface area (Å²) in [5.74, 6) is -1.04. The summed E-state index contributed by atoms with van der Waals surface area (Å²) in [6.07, 6.45) is 2.04. The van der Waals surface area contributed by atoms with E-state index in [4.69, 9.17) is 10.8 Å². The molecule has 0 aromatic carbocycles. The highest BCUT2D eigenvalue weighted by molar-refractivity contribution is 5.73. The summed E-state index contributed by atoms with van der Waals surface area (Å²) < 4.78 is 0.990. The summed E-state index contributed by atoms with van der Waals surface area (Å²) in [7, 11) is 0. The Hall–Kier alpha value is -1.23. The van der Waals surface area contributed by atoms with Gasteiger partial charge in [0.2, 0.25) is 11.1 Å². The zero-order valence-electron chi connectivity index (χ0n) is 10.2. The molecule has 16 heavy (non-hydrogen) atoms. The molecule has 1 rings (SSSR count). The lowest BCUT2D eigenvalue weighted by molar-refractivity contribution is -0.652. The molecule has 3 N–H and O–H groups in total. The first-order valence-corrected chi connectivity index (χ1v) is 5.27. The Balaban J connectivity index is 2.97. The van der Waals surface area contributed by atoms with Gasteiger partial charge in [-0.3, -0.25) is 4.79 Å². The standard InChI is InChI=1S/C11H18N2O3/c1-10(2)6-7(5-8(12)9(14)15)11(3,4)13(10)16/h6,8H,5,12H2,1-4H3/p+1. The first-order valence-electron chi connectivity index (χ1n) is 5.27. The van der Waals surface area contributed by atoms with E-state index in [0.717, 1.165) is 10.3 Å². The average molecular weight is 227 g/mol. The minimum absolute atomic E-state index is 0.213. The zero-order chi connectivity index (χ0) is 12.7. The minimum atomic E-state index is -1.04. The minimum Gasteiger partial charge on any atom is -0.480 e. The number of carboxylic acid groups (broad SMARTS) is 1. The molecule has 1 heterocycles. The highest BCUT2D eigenvalue weighted by Crippen LogP contribution is 2.37. The largest absolute Gasteiger partial charge is 0.480 e. The number of nitrogens with zero attached hydrogens (tertiary/aromatic N) is 1. The summed E-state index contributed by atoms with van der Waals surface area (Å²) in [5, 5.41) is 8.76. The lowest BCUT2D eigenvalue weighted by Crippen LogP contribution is -2.42. The molecule has 0 saturated heterocycles. The molecule has 0 aromatic heterocycles. The van der Waals surface area contributed by atoms with Gasteiger partial charge in [0, 0.05) is 49.4 Å². The van der Waals surface area contributed by atoms with Crippen LogP contribution in [0.4, 0.5) is 0 Å². The Morgan fingerprint density at radius 3 is 2.31 bits per heavy atom. The molecular weight excluding hydrogens is 208 g/mol. The number of nitrogens with two attached hydrogens (primary N) is 1. The molecule has 1 atom stereocenters. The number of carbonyl (C=O) groups is 1. The summed E-state index contributed by atoms with van der Waals surface area (Å²) >= 11 is 0. The van der Waals surface area contributed by atoms with Crippen LogP contribution in [0.5, 0.6) is 0 Å². The number of carboxylic acids is 1. The van der Waals surface area contributed by atoms with E-state index in [1.165, 1.54) is 0 Å². The van der Waals surface area contributed by atoms with Gasteiger partial charge in [-0.25, -0.2) is 0 Å². The van der Waals surface area contributed by atoms with Crippen LogP contribution in [-0.2, 0) is 4.79 Å². The zero-order valence-corrected chi connectivity index (χ0v) is 10.2. The highest BCUT2D eigenvalue weighted by atomic mass is 16.4. The van der Waals surface area contributed by atoms with Crippen molar-refractivity contribution in [2.24, 2.45) is 5.73 Å². The maximum Gasteiger partial charge on any atom is 0.320 e. The van der Waals surface area contributed by atoms with E-state index in [2.05, 4.69) is 0 Å². The molecule has 0 radical (unpaired) electrons. The van der Waals surface area contributed by atoms with Gasteiger partial charge in [-0.2, -0.15) is 0 Å². The fourth-order valence-electron chi connectivity index (χ4n) is 2.15. The van der Waals surface area contributed by atoms with E-state index in [1.54, 1.807) is 27.7 Å². The topological polar surface area (TPSA) is 83.4 Å². The van der Waals surface area contributed by atoms with Crippen LogP contribution in [0.25, 0.3) is 0 Å². The first-order chi connectivity index (χ1) is 7.09. The lowest BCUT2D eigenvalue weighted by Gasteiger charge is -2.17. The Morgan fingerprint density at radius 1 is 1.50 bits per heavy atom. The van der Waals surface area contributed by atoms with E-state index < -0.39 is 23.1 Å². The third kappa shape index (κ3) is 2.00. The van der Waals surface area contributed by atoms with E-state index in [0.29, 0.717) is 0 Å². The summed E-state index contributed by atoms with van der Waals surface area (Å²) in [6.45, 7) is 7.19. The van der Waals surface area contributed by atoms with Crippen molar-refractivity contribution < 1.29 is 14.7 Å². The van der Waals surface area contributed by atoms with Gasteiger partial charge in [0.15, 0.2) is 0 Å². The SMILES string of the molecule is CC1(C)C=C(CC(N)C(=O)O)C(C)(C)[N+]1=O. The molecule has 5 nitrogen and oxygen atoms in total. The Labute approximate surface area is 94.9 Å². The van der Waals surface area contributed by atoms with Crippen molar-refractivity contribution in [2.45, 2.75) is 51.2 Å². The van der Waals surface area contributed by atoms with Crippen LogP contribution in [0.1, 0.15) is 34.1 Å². The van der Waals surface area contributed by atoms with Crippen molar-refractivity contribution >= 4 is 5.97 Å². The van der Waals surface area contributed by atoms with Gasteiger partial charge in [-0.15, -0.1) is 0 Å². The molecule has 90 valence electrons. The second-order valence-corrected chi connectivity index (χ2v) is 5.33. The van der Waals surface area contributed by atoms with Crippen LogP contribution >= 0.6 is 0 Å². The number of hydrogen-bond acceptors (Lipinski definition) is 3. The fourth-order valence-corrected chi connectivity index (χ4v) is 2.15. The highest BCUT2D eigenvalue weighted by Gasteiger charge is 2.54. The molecule has 5 heteroatoms. The quantitative estimate of drug-likeness (QED) is 0.558. The lowest BCUT2D eigenvalue weighted by atomic mass is 9.91. The number of aliphatic carboxylic acids is 1.